The summed E-state index contributed by atoms with van der Waals surface area (Å²) in [5, 5.41) is 19.9. The Morgan fingerprint density at radius 2 is 1.80 bits per heavy atom. The number of nitrogens with zero attached hydrogens (tertiary/aromatic N) is 3. The molecule has 0 fully saturated rings. The minimum atomic E-state index is -4.53. The Morgan fingerprint density at radius 1 is 1.17 bits per heavy atom. The van der Waals surface area contributed by atoms with Gasteiger partial charge in [-0.2, -0.15) is 18.3 Å². The van der Waals surface area contributed by atoms with Gasteiger partial charge in [-0.3, -0.25) is 4.68 Å². The molecular weight excluding hydrogens is 395 g/mol. The second-order valence-corrected chi connectivity index (χ2v) is 8.14. The van der Waals surface area contributed by atoms with Gasteiger partial charge < -0.3 is 15.7 Å². The molecule has 1 aromatic heterocycles. The first kappa shape index (κ1) is 23.7. The van der Waals surface area contributed by atoms with Gasteiger partial charge in [0.1, 0.15) is 0 Å². The zero-order chi connectivity index (χ0) is 22.5. The van der Waals surface area contributed by atoms with E-state index >= 15 is 0 Å². The van der Waals surface area contributed by atoms with Crippen molar-refractivity contribution in [2.75, 3.05) is 13.1 Å². The first-order chi connectivity index (χ1) is 13.9. The van der Waals surface area contributed by atoms with E-state index in [2.05, 4.69) is 41.5 Å². The van der Waals surface area contributed by atoms with Crippen LogP contribution in [0.2, 0.25) is 0 Å². The minimum Gasteiger partial charge on any atom is -0.387 e. The van der Waals surface area contributed by atoms with Crippen LogP contribution in [-0.4, -0.2) is 33.9 Å². The molecule has 1 heterocycles. The number of aromatic nitrogens is 2. The fourth-order valence-electron chi connectivity index (χ4n) is 2.91. The SMILES string of the molecule is CCNC(=NCc1cn(C)nc1C(F)(F)F)NCC(O)c1ccc(C(C)(C)C)cc1. The van der Waals surface area contributed by atoms with E-state index in [1.165, 1.54) is 18.8 Å². The van der Waals surface area contributed by atoms with E-state index in [9.17, 15) is 18.3 Å². The molecule has 0 bridgehead atoms. The summed E-state index contributed by atoms with van der Waals surface area (Å²) in [6.07, 6.45) is -4.01. The molecular formula is C21H30F3N5O. The number of rotatable bonds is 6. The normalized spacial score (nSPS) is 14.0. The van der Waals surface area contributed by atoms with Crippen LogP contribution in [0.4, 0.5) is 13.2 Å². The van der Waals surface area contributed by atoms with Crippen molar-refractivity contribution in [2.45, 2.75) is 51.9 Å². The highest BCUT2D eigenvalue weighted by Crippen LogP contribution is 2.30. The molecule has 3 N–H and O–H groups in total. The van der Waals surface area contributed by atoms with Gasteiger partial charge in [0.2, 0.25) is 0 Å². The van der Waals surface area contributed by atoms with Crippen LogP contribution in [0.15, 0.2) is 35.5 Å². The van der Waals surface area contributed by atoms with Gasteiger partial charge >= 0.3 is 6.18 Å². The number of aliphatic imine (C=N–C) groups is 1. The molecule has 0 spiro atoms. The third-order valence-electron chi connectivity index (χ3n) is 4.55. The number of alkyl halides is 3. The van der Waals surface area contributed by atoms with Gasteiger partial charge in [-0.15, -0.1) is 0 Å². The topological polar surface area (TPSA) is 74.5 Å². The number of hydrogen-bond acceptors (Lipinski definition) is 3. The highest BCUT2D eigenvalue weighted by molar-refractivity contribution is 5.79. The zero-order valence-corrected chi connectivity index (χ0v) is 18.0. The van der Waals surface area contributed by atoms with E-state index in [0.29, 0.717) is 12.5 Å². The molecule has 0 saturated heterocycles. The standard InChI is InChI=1S/C21H30F3N5O/c1-6-25-19(26-11-15-13-29(5)28-18(15)21(22,23)24)27-12-17(30)14-7-9-16(10-8-14)20(2,3)4/h7-10,13,17,30H,6,11-12H2,1-5H3,(H2,25,26,27). The fourth-order valence-corrected chi connectivity index (χ4v) is 2.91. The summed E-state index contributed by atoms with van der Waals surface area (Å²) < 4.78 is 40.4. The molecule has 1 aromatic carbocycles. The summed E-state index contributed by atoms with van der Waals surface area (Å²) in [4.78, 5) is 4.21. The van der Waals surface area contributed by atoms with Crippen molar-refractivity contribution in [1.82, 2.24) is 20.4 Å². The lowest BCUT2D eigenvalue weighted by Gasteiger charge is -2.20. The van der Waals surface area contributed by atoms with Gasteiger partial charge in [0.15, 0.2) is 11.7 Å². The molecule has 1 atom stereocenters. The van der Waals surface area contributed by atoms with Crippen LogP contribution < -0.4 is 10.6 Å². The highest BCUT2D eigenvalue weighted by Gasteiger charge is 2.36. The lowest BCUT2D eigenvalue weighted by atomic mass is 9.86. The summed E-state index contributed by atoms with van der Waals surface area (Å²) in [7, 11) is 1.44. The molecule has 30 heavy (non-hydrogen) atoms. The third-order valence-corrected chi connectivity index (χ3v) is 4.55. The van der Waals surface area contributed by atoms with E-state index < -0.39 is 18.0 Å². The van der Waals surface area contributed by atoms with Gasteiger partial charge in [-0.05, 0) is 23.5 Å². The molecule has 6 nitrogen and oxygen atoms in total. The van der Waals surface area contributed by atoms with Crippen LogP contribution in [0.3, 0.4) is 0 Å². The van der Waals surface area contributed by atoms with Crippen molar-refractivity contribution in [1.29, 1.82) is 0 Å². The Kier molecular flexibility index (Phi) is 7.52. The Hall–Kier alpha value is -2.55. The smallest absolute Gasteiger partial charge is 0.387 e. The van der Waals surface area contributed by atoms with Gasteiger partial charge in [0.05, 0.1) is 12.6 Å². The van der Waals surface area contributed by atoms with Crippen molar-refractivity contribution in [3.05, 3.63) is 52.8 Å². The Balaban J connectivity index is 2.05. The molecule has 2 rings (SSSR count). The maximum Gasteiger partial charge on any atom is 0.435 e. The van der Waals surface area contributed by atoms with E-state index in [0.717, 1.165) is 10.2 Å². The number of hydrogen-bond donors (Lipinski definition) is 3. The summed E-state index contributed by atoms with van der Waals surface area (Å²) in [5.74, 6) is 0.319. The predicted molar refractivity (Wildman–Crippen MR) is 111 cm³/mol. The first-order valence-electron chi connectivity index (χ1n) is 9.82. The van der Waals surface area contributed by atoms with Gasteiger partial charge in [-0.1, -0.05) is 45.0 Å². The largest absolute Gasteiger partial charge is 0.435 e. The second kappa shape index (κ2) is 9.51. The van der Waals surface area contributed by atoms with Gasteiger partial charge in [0, 0.05) is 31.9 Å². The highest BCUT2D eigenvalue weighted by atomic mass is 19.4. The minimum absolute atomic E-state index is 0.0134. The van der Waals surface area contributed by atoms with E-state index in [4.69, 9.17) is 0 Å². The lowest BCUT2D eigenvalue weighted by molar-refractivity contribution is -0.142. The summed E-state index contributed by atoms with van der Waals surface area (Å²) >= 11 is 0. The third kappa shape index (κ3) is 6.48. The maximum atomic E-state index is 13.1. The molecule has 0 aliphatic carbocycles. The average molecular weight is 425 g/mol. The van der Waals surface area contributed by atoms with E-state index in [-0.39, 0.29) is 24.1 Å². The molecule has 166 valence electrons. The van der Waals surface area contributed by atoms with Crippen molar-refractivity contribution < 1.29 is 18.3 Å². The molecule has 0 aliphatic heterocycles. The van der Waals surface area contributed by atoms with Crippen LogP contribution in [0.5, 0.6) is 0 Å². The van der Waals surface area contributed by atoms with E-state index in [1.807, 2.05) is 31.2 Å². The van der Waals surface area contributed by atoms with Crippen LogP contribution in [0.25, 0.3) is 0 Å². The van der Waals surface area contributed by atoms with Crippen LogP contribution in [0, 0.1) is 0 Å². The first-order valence-corrected chi connectivity index (χ1v) is 9.82. The number of benzene rings is 1. The molecule has 0 amide bonds. The second-order valence-electron chi connectivity index (χ2n) is 8.14. The Morgan fingerprint density at radius 3 is 2.33 bits per heavy atom. The maximum absolute atomic E-state index is 13.1. The van der Waals surface area contributed by atoms with Crippen molar-refractivity contribution in [2.24, 2.45) is 12.0 Å². The number of halogens is 3. The monoisotopic (exact) mass is 425 g/mol. The number of aliphatic hydroxyl groups excluding tert-OH is 1. The van der Waals surface area contributed by atoms with Gasteiger partial charge in [-0.25, -0.2) is 4.99 Å². The average Bonchev–Trinajstić information content (AvgIpc) is 3.04. The summed E-state index contributed by atoms with van der Waals surface area (Å²) in [6.45, 7) is 8.71. The molecule has 2 aromatic rings. The molecule has 0 radical (unpaired) electrons. The Bertz CT molecular complexity index is 851. The van der Waals surface area contributed by atoms with Crippen molar-refractivity contribution in [3.8, 4) is 0 Å². The quantitative estimate of drug-likeness (QED) is 0.489. The summed E-state index contributed by atoms with van der Waals surface area (Å²) in [5.41, 5.74) is 0.981. The number of aryl methyl sites for hydroxylation is 1. The zero-order valence-electron chi connectivity index (χ0n) is 18.0. The molecule has 0 aliphatic rings. The fraction of sp³-hybridized carbons (Fsp3) is 0.524. The number of guanidine groups is 1. The number of nitrogens with one attached hydrogen (secondary N) is 2. The summed E-state index contributed by atoms with van der Waals surface area (Å²) in [6, 6.07) is 7.72. The molecule has 0 saturated carbocycles. The number of aliphatic hydroxyl groups is 1. The molecule has 9 heteroatoms. The van der Waals surface area contributed by atoms with Crippen molar-refractivity contribution >= 4 is 5.96 Å². The van der Waals surface area contributed by atoms with Crippen LogP contribution >= 0.6 is 0 Å². The lowest BCUT2D eigenvalue weighted by Crippen LogP contribution is -2.39. The van der Waals surface area contributed by atoms with Crippen molar-refractivity contribution in [3.63, 3.8) is 0 Å². The van der Waals surface area contributed by atoms with Crippen LogP contribution in [0.1, 0.15) is 56.2 Å². The molecule has 1 unspecified atom stereocenters. The van der Waals surface area contributed by atoms with Crippen LogP contribution in [-0.2, 0) is 25.2 Å². The van der Waals surface area contributed by atoms with Gasteiger partial charge in [0.25, 0.3) is 0 Å². The van der Waals surface area contributed by atoms with E-state index in [1.54, 1.807) is 0 Å². The predicted octanol–water partition coefficient (Wildman–Crippen LogP) is 3.53. The Labute approximate surface area is 175 Å².